The van der Waals surface area contributed by atoms with E-state index in [1.165, 1.54) is 12.1 Å². The zero-order chi connectivity index (χ0) is 15.6. The van der Waals surface area contributed by atoms with Crippen molar-refractivity contribution in [3.8, 4) is 5.75 Å². The number of rotatable bonds is 4. The molecule has 21 heavy (non-hydrogen) atoms. The van der Waals surface area contributed by atoms with E-state index in [1.54, 1.807) is 6.92 Å². The molecule has 2 rings (SSSR count). The second-order valence-corrected chi connectivity index (χ2v) is 4.99. The lowest BCUT2D eigenvalue weighted by Gasteiger charge is -2.13. The normalized spacial score (nSPS) is 12.0. The van der Waals surface area contributed by atoms with Crippen molar-refractivity contribution in [1.29, 1.82) is 0 Å². The third-order valence-electron chi connectivity index (χ3n) is 2.79. The Morgan fingerprint density at radius 2 is 2.00 bits per heavy atom. The molecular formula is C14H15F3N2O2. The molecule has 2 aromatic rings. The molecule has 4 nitrogen and oxygen atoms in total. The molecule has 0 radical (unpaired) electrons. The van der Waals surface area contributed by atoms with Gasteiger partial charge in [-0.25, -0.2) is 0 Å². The summed E-state index contributed by atoms with van der Waals surface area (Å²) >= 11 is 0. The van der Waals surface area contributed by atoms with E-state index >= 15 is 0 Å². The van der Waals surface area contributed by atoms with E-state index < -0.39 is 11.7 Å². The molecule has 114 valence electrons. The predicted molar refractivity (Wildman–Crippen MR) is 68.9 cm³/mol. The zero-order valence-electron chi connectivity index (χ0n) is 11.9. The molecule has 1 aromatic heterocycles. The fraction of sp³-hybridized carbons (Fsp3) is 0.429. The summed E-state index contributed by atoms with van der Waals surface area (Å²) in [7, 11) is 0. The molecule has 1 heterocycles. The number of hydrogen-bond donors (Lipinski definition) is 0. The number of ether oxygens (including phenoxy) is 1. The summed E-state index contributed by atoms with van der Waals surface area (Å²) in [5, 5.41) is 3.73. The van der Waals surface area contributed by atoms with E-state index in [9.17, 15) is 13.2 Å². The van der Waals surface area contributed by atoms with Crippen LogP contribution >= 0.6 is 0 Å². The first-order chi connectivity index (χ1) is 9.77. The van der Waals surface area contributed by atoms with Crippen LogP contribution in [0.3, 0.4) is 0 Å². The minimum Gasteiger partial charge on any atom is -0.483 e. The monoisotopic (exact) mass is 300 g/mol. The molecule has 0 atom stereocenters. The fourth-order valence-electron chi connectivity index (χ4n) is 1.68. The Bertz CT molecular complexity index is 621. The maximum Gasteiger partial charge on any atom is 0.419 e. The molecule has 7 heteroatoms. The van der Waals surface area contributed by atoms with E-state index in [-0.39, 0.29) is 24.2 Å². The van der Waals surface area contributed by atoms with Gasteiger partial charge in [-0.15, -0.1) is 0 Å². The van der Waals surface area contributed by atoms with Crippen molar-refractivity contribution >= 4 is 0 Å². The SMILES string of the molecule is Cc1ccc(C(F)(F)F)c(OCc2nc(C(C)C)no2)c1. The van der Waals surface area contributed by atoms with Crippen LogP contribution in [0.2, 0.25) is 0 Å². The quantitative estimate of drug-likeness (QED) is 0.853. The number of halogens is 3. The Morgan fingerprint density at radius 3 is 2.57 bits per heavy atom. The van der Waals surface area contributed by atoms with Crippen LogP contribution in [0.25, 0.3) is 0 Å². The van der Waals surface area contributed by atoms with Gasteiger partial charge in [0.05, 0.1) is 5.56 Å². The lowest BCUT2D eigenvalue weighted by atomic mass is 10.1. The second kappa shape index (κ2) is 5.75. The molecule has 0 N–H and O–H groups in total. The fourth-order valence-corrected chi connectivity index (χ4v) is 1.68. The summed E-state index contributed by atoms with van der Waals surface area (Å²) in [5.41, 5.74) is -0.150. The van der Waals surface area contributed by atoms with Crippen molar-refractivity contribution in [2.45, 2.75) is 39.5 Å². The Hall–Kier alpha value is -2.05. The summed E-state index contributed by atoms with van der Waals surface area (Å²) in [6.07, 6.45) is -4.47. The van der Waals surface area contributed by atoms with Gasteiger partial charge in [-0.05, 0) is 24.6 Å². The zero-order valence-corrected chi connectivity index (χ0v) is 11.9. The Morgan fingerprint density at radius 1 is 1.29 bits per heavy atom. The van der Waals surface area contributed by atoms with Gasteiger partial charge in [0.1, 0.15) is 5.75 Å². The molecule has 0 bridgehead atoms. The summed E-state index contributed by atoms with van der Waals surface area (Å²) in [6, 6.07) is 3.72. The number of benzene rings is 1. The van der Waals surface area contributed by atoms with E-state index in [4.69, 9.17) is 9.26 Å². The molecule has 0 aliphatic carbocycles. The first-order valence-corrected chi connectivity index (χ1v) is 6.40. The molecule has 0 saturated carbocycles. The summed E-state index contributed by atoms with van der Waals surface area (Å²) in [6.45, 7) is 5.26. The molecule has 0 aliphatic heterocycles. The summed E-state index contributed by atoms with van der Waals surface area (Å²) in [5.74, 6) is 0.473. The van der Waals surface area contributed by atoms with Gasteiger partial charge in [0.2, 0.25) is 0 Å². The van der Waals surface area contributed by atoms with Crippen LogP contribution in [0.15, 0.2) is 22.7 Å². The average Bonchev–Trinajstić information content (AvgIpc) is 2.83. The Kier molecular flexibility index (Phi) is 4.20. The van der Waals surface area contributed by atoms with Crippen molar-refractivity contribution in [3.63, 3.8) is 0 Å². The van der Waals surface area contributed by atoms with Gasteiger partial charge in [0, 0.05) is 5.92 Å². The molecule has 0 unspecified atom stereocenters. The van der Waals surface area contributed by atoms with Crippen molar-refractivity contribution in [2.75, 3.05) is 0 Å². The highest BCUT2D eigenvalue weighted by atomic mass is 19.4. The minimum absolute atomic E-state index is 0.0761. The minimum atomic E-state index is -4.47. The summed E-state index contributed by atoms with van der Waals surface area (Å²) < 4.78 is 48.8. The second-order valence-electron chi connectivity index (χ2n) is 4.99. The van der Waals surface area contributed by atoms with Gasteiger partial charge in [-0.3, -0.25) is 0 Å². The highest BCUT2D eigenvalue weighted by Gasteiger charge is 2.34. The van der Waals surface area contributed by atoms with E-state index in [1.807, 2.05) is 13.8 Å². The van der Waals surface area contributed by atoms with Gasteiger partial charge in [0.15, 0.2) is 12.4 Å². The molecular weight excluding hydrogens is 285 g/mol. The van der Waals surface area contributed by atoms with Crippen LogP contribution in [0.1, 0.15) is 42.6 Å². The van der Waals surface area contributed by atoms with Crippen LogP contribution in [0.4, 0.5) is 13.2 Å². The van der Waals surface area contributed by atoms with Gasteiger partial charge in [-0.2, -0.15) is 18.2 Å². The molecule has 1 aromatic carbocycles. The molecule has 0 spiro atoms. The first kappa shape index (κ1) is 15.3. The standard InChI is InChI=1S/C14H15F3N2O2/c1-8(2)13-18-12(21-19-13)7-20-11-6-9(3)4-5-10(11)14(15,16)17/h4-6,8H,7H2,1-3H3. The topological polar surface area (TPSA) is 48.2 Å². The van der Waals surface area contributed by atoms with Crippen LogP contribution < -0.4 is 4.74 Å². The number of aromatic nitrogens is 2. The van der Waals surface area contributed by atoms with Crippen molar-refractivity contribution in [1.82, 2.24) is 10.1 Å². The third-order valence-corrected chi connectivity index (χ3v) is 2.79. The van der Waals surface area contributed by atoms with Crippen LogP contribution in [-0.4, -0.2) is 10.1 Å². The highest BCUT2D eigenvalue weighted by Crippen LogP contribution is 2.36. The van der Waals surface area contributed by atoms with E-state index in [0.29, 0.717) is 11.4 Å². The van der Waals surface area contributed by atoms with Crippen LogP contribution in [-0.2, 0) is 12.8 Å². The molecule has 0 saturated heterocycles. The summed E-state index contributed by atoms with van der Waals surface area (Å²) in [4.78, 5) is 4.06. The largest absolute Gasteiger partial charge is 0.483 e. The molecule has 0 aliphatic rings. The Balaban J connectivity index is 2.17. The van der Waals surface area contributed by atoms with Gasteiger partial charge >= 0.3 is 6.18 Å². The number of hydrogen-bond acceptors (Lipinski definition) is 4. The lowest BCUT2D eigenvalue weighted by Crippen LogP contribution is -2.09. The lowest BCUT2D eigenvalue weighted by molar-refractivity contribution is -0.139. The maximum atomic E-state index is 12.9. The first-order valence-electron chi connectivity index (χ1n) is 6.40. The molecule has 0 amide bonds. The molecule has 0 fully saturated rings. The number of nitrogens with zero attached hydrogens (tertiary/aromatic N) is 2. The smallest absolute Gasteiger partial charge is 0.419 e. The van der Waals surface area contributed by atoms with E-state index in [2.05, 4.69) is 10.1 Å². The van der Waals surface area contributed by atoms with Gasteiger partial charge < -0.3 is 9.26 Å². The van der Waals surface area contributed by atoms with Crippen LogP contribution in [0, 0.1) is 6.92 Å². The third kappa shape index (κ3) is 3.74. The predicted octanol–water partition coefficient (Wildman–Crippen LogP) is 4.10. The van der Waals surface area contributed by atoms with Crippen molar-refractivity contribution in [3.05, 3.63) is 41.0 Å². The number of alkyl halides is 3. The van der Waals surface area contributed by atoms with E-state index in [0.717, 1.165) is 6.07 Å². The van der Waals surface area contributed by atoms with Gasteiger partial charge in [-0.1, -0.05) is 25.1 Å². The van der Waals surface area contributed by atoms with Crippen molar-refractivity contribution < 1.29 is 22.4 Å². The van der Waals surface area contributed by atoms with Gasteiger partial charge in [0.25, 0.3) is 5.89 Å². The van der Waals surface area contributed by atoms with Crippen molar-refractivity contribution in [2.24, 2.45) is 0 Å². The van der Waals surface area contributed by atoms with Crippen LogP contribution in [0.5, 0.6) is 5.75 Å². The average molecular weight is 300 g/mol. The highest BCUT2D eigenvalue weighted by molar-refractivity contribution is 5.39. The maximum absolute atomic E-state index is 12.9. The number of aryl methyl sites for hydroxylation is 1. The Labute approximate surface area is 119 Å².